The summed E-state index contributed by atoms with van der Waals surface area (Å²) in [6.45, 7) is 2.01. The minimum Gasteiger partial charge on any atom is -0.474 e. The number of nitrogens with zero attached hydrogens (tertiary/aromatic N) is 4. The van der Waals surface area contributed by atoms with E-state index in [2.05, 4.69) is 32.4 Å². The summed E-state index contributed by atoms with van der Waals surface area (Å²) in [6, 6.07) is 9.63. The molecule has 0 unspecified atom stereocenters. The molecule has 208 valence electrons. The number of carbonyl (C=O) groups excluding carboxylic acids is 1. The van der Waals surface area contributed by atoms with Crippen LogP contribution in [0.4, 0.5) is 5.13 Å². The predicted molar refractivity (Wildman–Crippen MR) is 148 cm³/mol. The number of aliphatic hydroxyl groups is 1. The lowest BCUT2D eigenvalue weighted by Gasteiger charge is -2.28. The maximum atomic E-state index is 13.2. The van der Waals surface area contributed by atoms with Crippen LogP contribution in [0.1, 0.15) is 37.7 Å². The number of sulfone groups is 1. The Morgan fingerprint density at radius 2 is 1.87 bits per heavy atom. The highest BCUT2D eigenvalue weighted by molar-refractivity contribution is 7.92. The van der Waals surface area contributed by atoms with Gasteiger partial charge in [-0.3, -0.25) is 10.1 Å². The molecule has 2 aliphatic rings. The molecule has 0 spiro atoms. The van der Waals surface area contributed by atoms with Crippen molar-refractivity contribution in [1.29, 1.82) is 0 Å². The van der Waals surface area contributed by atoms with E-state index in [1.807, 2.05) is 6.07 Å². The SMILES string of the molecule is CN1CCC(Oc2ccc3nc(NC(=O)/C(=N/OCCCO)c4ccc(S(=O)(=O)C5CC5)cc4)sc3n2)CC1. The van der Waals surface area contributed by atoms with Gasteiger partial charge in [0.15, 0.2) is 20.7 Å². The van der Waals surface area contributed by atoms with E-state index in [0.29, 0.717) is 46.2 Å². The van der Waals surface area contributed by atoms with E-state index < -0.39 is 15.7 Å². The van der Waals surface area contributed by atoms with Crippen LogP contribution in [0, 0.1) is 0 Å². The number of pyridine rings is 1. The van der Waals surface area contributed by atoms with Gasteiger partial charge in [-0.2, -0.15) is 0 Å². The van der Waals surface area contributed by atoms with Crippen molar-refractivity contribution in [1.82, 2.24) is 14.9 Å². The molecule has 39 heavy (non-hydrogen) atoms. The summed E-state index contributed by atoms with van der Waals surface area (Å²) >= 11 is 1.21. The number of aliphatic hydroxyl groups excluding tert-OH is 1. The monoisotopic (exact) mass is 573 g/mol. The number of oxime groups is 1. The van der Waals surface area contributed by atoms with Crippen molar-refractivity contribution in [2.24, 2.45) is 5.16 Å². The molecule has 1 amide bonds. The molecule has 1 saturated heterocycles. The van der Waals surface area contributed by atoms with Gasteiger partial charge >= 0.3 is 0 Å². The second-order valence-electron chi connectivity index (χ2n) is 9.69. The first-order valence-corrected chi connectivity index (χ1v) is 15.3. The van der Waals surface area contributed by atoms with Crippen LogP contribution in [0.3, 0.4) is 0 Å². The standard InChI is InChI=1S/C26H31N5O6S2/c1-31-13-11-18(12-14-31)37-22-10-9-21-25(28-22)38-26(27-21)29-24(33)23(30-36-16-2-15-32)17-3-5-19(6-4-17)39(34,35)20-7-8-20/h3-6,9-10,18,20,32H,2,7-8,11-16H2,1H3,(H,27,29,33)/b30-23+. The molecular weight excluding hydrogens is 542 g/mol. The largest absolute Gasteiger partial charge is 0.474 e. The van der Waals surface area contributed by atoms with Crippen molar-refractivity contribution in [3.63, 3.8) is 0 Å². The summed E-state index contributed by atoms with van der Waals surface area (Å²) in [4.78, 5) is 30.6. The minimum atomic E-state index is -3.36. The number of likely N-dealkylation sites (tertiary alicyclic amines) is 1. The first-order chi connectivity index (χ1) is 18.8. The number of hydrogen-bond donors (Lipinski definition) is 2. The third kappa shape index (κ3) is 6.72. The molecule has 3 heterocycles. The highest BCUT2D eigenvalue weighted by Gasteiger charge is 2.36. The van der Waals surface area contributed by atoms with Crippen LogP contribution in [0.5, 0.6) is 5.88 Å². The smallest absolute Gasteiger partial charge is 0.280 e. The Morgan fingerprint density at radius 1 is 1.13 bits per heavy atom. The van der Waals surface area contributed by atoms with E-state index in [4.69, 9.17) is 14.7 Å². The normalized spacial score (nSPS) is 17.3. The van der Waals surface area contributed by atoms with E-state index in [9.17, 15) is 13.2 Å². The Kier molecular flexibility index (Phi) is 8.40. The quantitative estimate of drug-likeness (QED) is 0.201. The van der Waals surface area contributed by atoms with Gasteiger partial charge < -0.3 is 19.6 Å². The minimum absolute atomic E-state index is 0.0400. The molecule has 1 saturated carbocycles. The summed E-state index contributed by atoms with van der Waals surface area (Å²) < 4.78 is 31.2. The predicted octanol–water partition coefficient (Wildman–Crippen LogP) is 2.84. The summed E-state index contributed by atoms with van der Waals surface area (Å²) in [5.74, 6) is -0.0435. The fourth-order valence-corrected chi connectivity index (χ4v) is 6.67. The van der Waals surface area contributed by atoms with Gasteiger partial charge in [0.25, 0.3) is 5.91 Å². The van der Waals surface area contributed by atoms with Crippen LogP contribution in [-0.4, -0.2) is 84.7 Å². The van der Waals surface area contributed by atoms with Crippen molar-refractivity contribution in [3.05, 3.63) is 42.0 Å². The lowest BCUT2D eigenvalue weighted by atomic mass is 10.1. The van der Waals surface area contributed by atoms with Crippen LogP contribution in [-0.2, 0) is 19.5 Å². The van der Waals surface area contributed by atoms with Gasteiger partial charge in [-0.15, -0.1) is 0 Å². The number of fused-ring (bicyclic) bond motifs is 1. The zero-order valence-electron chi connectivity index (χ0n) is 21.6. The number of aromatic nitrogens is 2. The Hall–Kier alpha value is -3.13. The van der Waals surface area contributed by atoms with Crippen molar-refractivity contribution >= 4 is 48.3 Å². The molecule has 5 rings (SSSR count). The number of piperidine rings is 1. The van der Waals surface area contributed by atoms with Gasteiger partial charge in [0.05, 0.1) is 10.1 Å². The maximum absolute atomic E-state index is 13.2. The molecule has 2 fully saturated rings. The molecule has 1 aromatic carbocycles. The highest BCUT2D eigenvalue weighted by atomic mass is 32.2. The summed E-state index contributed by atoms with van der Waals surface area (Å²) in [7, 11) is -1.26. The van der Waals surface area contributed by atoms with Gasteiger partial charge in [-0.25, -0.2) is 18.4 Å². The summed E-state index contributed by atoms with van der Waals surface area (Å²) in [6.07, 6.45) is 3.68. The fraction of sp³-hybridized carbons (Fsp3) is 0.462. The van der Waals surface area contributed by atoms with E-state index in [0.717, 1.165) is 25.9 Å². The fourth-order valence-electron chi connectivity index (χ4n) is 4.19. The Morgan fingerprint density at radius 3 is 2.56 bits per heavy atom. The Labute approximate surface area is 230 Å². The molecule has 11 nitrogen and oxygen atoms in total. The third-order valence-corrected chi connectivity index (χ3v) is 9.75. The molecule has 1 aliphatic heterocycles. The number of amides is 1. The number of ether oxygens (including phenoxy) is 1. The number of nitrogens with one attached hydrogen (secondary N) is 1. The number of carbonyl (C=O) groups is 1. The van der Waals surface area contributed by atoms with Crippen LogP contribution >= 0.6 is 11.3 Å². The molecular formula is C26H31N5O6S2. The van der Waals surface area contributed by atoms with E-state index in [1.54, 1.807) is 6.07 Å². The van der Waals surface area contributed by atoms with Crippen LogP contribution in [0.15, 0.2) is 46.4 Å². The highest BCUT2D eigenvalue weighted by Crippen LogP contribution is 2.33. The van der Waals surface area contributed by atoms with Crippen LogP contribution < -0.4 is 10.1 Å². The second-order valence-corrected chi connectivity index (χ2v) is 12.9. The number of anilines is 1. The van der Waals surface area contributed by atoms with Crippen molar-refractivity contribution in [2.45, 2.75) is 48.4 Å². The van der Waals surface area contributed by atoms with Gasteiger partial charge in [0.2, 0.25) is 5.88 Å². The van der Waals surface area contributed by atoms with Crippen LogP contribution in [0.25, 0.3) is 10.3 Å². The van der Waals surface area contributed by atoms with Crippen molar-refractivity contribution in [3.8, 4) is 5.88 Å². The van der Waals surface area contributed by atoms with E-state index >= 15 is 0 Å². The second kappa shape index (κ2) is 11.9. The molecule has 1 aliphatic carbocycles. The number of hydrogen-bond acceptors (Lipinski definition) is 11. The zero-order valence-corrected chi connectivity index (χ0v) is 23.2. The van der Waals surface area contributed by atoms with Crippen molar-refractivity contribution in [2.75, 3.05) is 38.7 Å². The number of thiazole rings is 1. The Bertz CT molecular complexity index is 1450. The topological polar surface area (TPSA) is 143 Å². The van der Waals surface area contributed by atoms with E-state index in [1.165, 1.54) is 35.6 Å². The van der Waals surface area contributed by atoms with Gasteiger partial charge in [-0.1, -0.05) is 28.6 Å². The molecule has 0 atom stereocenters. The molecule has 0 radical (unpaired) electrons. The molecule has 2 N–H and O–H groups in total. The number of benzene rings is 1. The molecule has 3 aromatic rings. The van der Waals surface area contributed by atoms with Gasteiger partial charge in [0, 0.05) is 37.7 Å². The lowest BCUT2D eigenvalue weighted by Crippen LogP contribution is -2.35. The average Bonchev–Trinajstić information content (AvgIpc) is 3.72. The average molecular weight is 574 g/mol. The first-order valence-electron chi connectivity index (χ1n) is 12.9. The van der Waals surface area contributed by atoms with E-state index in [-0.39, 0.29) is 35.2 Å². The van der Waals surface area contributed by atoms with Crippen LogP contribution in [0.2, 0.25) is 0 Å². The Balaban J connectivity index is 1.31. The van der Waals surface area contributed by atoms with Gasteiger partial charge in [0.1, 0.15) is 23.1 Å². The zero-order chi connectivity index (χ0) is 27.4. The maximum Gasteiger partial charge on any atom is 0.280 e. The summed E-state index contributed by atoms with van der Waals surface area (Å²) in [5.41, 5.74) is 0.972. The number of rotatable bonds is 11. The summed E-state index contributed by atoms with van der Waals surface area (Å²) in [5, 5.41) is 15.8. The van der Waals surface area contributed by atoms with Crippen molar-refractivity contribution < 1.29 is 27.9 Å². The third-order valence-electron chi connectivity index (χ3n) is 6.59. The first kappa shape index (κ1) is 27.4. The molecule has 2 aromatic heterocycles. The van der Waals surface area contributed by atoms with Gasteiger partial charge in [-0.05, 0) is 50.9 Å². The lowest BCUT2D eigenvalue weighted by molar-refractivity contribution is -0.110. The molecule has 13 heteroatoms. The molecule has 0 bridgehead atoms.